The third-order valence-corrected chi connectivity index (χ3v) is 6.48. The molecule has 0 unspecified atom stereocenters. The van der Waals surface area contributed by atoms with Crippen molar-refractivity contribution in [2.24, 2.45) is 0 Å². The predicted octanol–water partition coefficient (Wildman–Crippen LogP) is 5.62. The van der Waals surface area contributed by atoms with Gasteiger partial charge in [-0.2, -0.15) is 0 Å². The van der Waals surface area contributed by atoms with Crippen LogP contribution >= 0.6 is 11.6 Å². The average molecular weight is 512 g/mol. The molecule has 188 valence electrons. The molecule has 6 heteroatoms. The van der Waals surface area contributed by atoms with Gasteiger partial charge in [-0.25, -0.2) is 0 Å². The molecule has 0 saturated carbocycles. The number of nitrogens with zero attached hydrogens (tertiary/aromatic N) is 2. The Morgan fingerprint density at radius 1 is 0.757 bits per heavy atom. The van der Waals surface area contributed by atoms with Gasteiger partial charge in [-0.15, -0.1) is 0 Å². The zero-order valence-corrected chi connectivity index (χ0v) is 21.4. The van der Waals surface area contributed by atoms with E-state index in [4.69, 9.17) is 11.6 Å². The number of aromatic nitrogens is 1. The molecule has 1 N–H and O–H groups in total. The Morgan fingerprint density at radius 3 is 2.03 bits per heavy atom. The molecule has 5 nitrogen and oxygen atoms in total. The molecule has 1 heterocycles. The lowest BCUT2D eigenvalue weighted by atomic mass is 10.0. The van der Waals surface area contributed by atoms with Gasteiger partial charge in [0, 0.05) is 43.3 Å². The minimum atomic E-state index is -0.678. The number of hydrogen-bond acceptors (Lipinski definition) is 3. The maximum absolute atomic E-state index is 13.7. The number of rotatable bonds is 11. The lowest BCUT2D eigenvalue weighted by molar-refractivity contribution is -0.141. The summed E-state index contributed by atoms with van der Waals surface area (Å²) in [7, 11) is 0. The van der Waals surface area contributed by atoms with E-state index in [9.17, 15) is 9.59 Å². The maximum Gasteiger partial charge on any atom is 0.243 e. The van der Waals surface area contributed by atoms with Crippen LogP contribution < -0.4 is 5.32 Å². The highest BCUT2D eigenvalue weighted by Gasteiger charge is 2.30. The molecule has 0 radical (unpaired) electrons. The molecule has 0 aliphatic heterocycles. The Balaban J connectivity index is 1.60. The second-order valence-corrected chi connectivity index (χ2v) is 9.35. The highest BCUT2D eigenvalue weighted by Crippen LogP contribution is 2.18. The van der Waals surface area contributed by atoms with Gasteiger partial charge in [0.1, 0.15) is 6.04 Å². The third kappa shape index (κ3) is 8.02. The molecule has 0 bridgehead atoms. The van der Waals surface area contributed by atoms with Crippen molar-refractivity contribution in [2.45, 2.75) is 38.4 Å². The first kappa shape index (κ1) is 26.1. The number of carbonyl (C=O) groups is 2. The number of hydrogen-bond donors (Lipinski definition) is 1. The van der Waals surface area contributed by atoms with Gasteiger partial charge in [0.2, 0.25) is 11.8 Å². The van der Waals surface area contributed by atoms with Crippen molar-refractivity contribution in [3.8, 4) is 0 Å². The number of pyridine rings is 1. The summed E-state index contributed by atoms with van der Waals surface area (Å²) in [5, 5.41) is 3.67. The first-order valence-electron chi connectivity index (χ1n) is 12.4. The molecule has 3 aromatic carbocycles. The Morgan fingerprint density at radius 2 is 1.38 bits per heavy atom. The van der Waals surface area contributed by atoms with Crippen LogP contribution in [-0.2, 0) is 35.5 Å². The molecule has 0 aliphatic rings. The van der Waals surface area contributed by atoms with Crippen molar-refractivity contribution in [1.29, 1.82) is 0 Å². The van der Waals surface area contributed by atoms with E-state index in [1.807, 2.05) is 84.9 Å². The topological polar surface area (TPSA) is 62.3 Å². The summed E-state index contributed by atoms with van der Waals surface area (Å²) in [5.74, 6) is -0.263. The van der Waals surface area contributed by atoms with Crippen LogP contribution in [0.2, 0.25) is 5.02 Å². The quantitative estimate of drug-likeness (QED) is 0.284. The fourth-order valence-electron chi connectivity index (χ4n) is 4.19. The number of halogens is 1. The first-order valence-corrected chi connectivity index (χ1v) is 12.7. The van der Waals surface area contributed by atoms with Crippen molar-refractivity contribution in [2.75, 3.05) is 0 Å². The number of aryl methyl sites for hydroxylation is 1. The molecule has 1 atom stereocenters. The summed E-state index contributed by atoms with van der Waals surface area (Å²) in [5.41, 5.74) is 3.94. The van der Waals surface area contributed by atoms with Gasteiger partial charge in [-0.3, -0.25) is 14.6 Å². The van der Waals surface area contributed by atoms with Gasteiger partial charge in [0.15, 0.2) is 0 Å². The lowest BCUT2D eigenvalue weighted by Crippen LogP contribution is -2.50. The highest BCUT2D eigenvalue weighted by atomic mass is 35.5. The summed E-state index contributed by atoms with van der Waals surface area (Å²) in [6.07, 6.45) is 4.72. The van der Waals surface area contributed by atoms with Crippen LogP contribution in [0.5, 0.6) is 0 Å². The van der Waals surface area contributed by atoms with E-state index in [2.05, 4.69) is 10.3 Å². The van der Waals surface area contributed by atoms with E-state index in [1.165, 1.54) is 0 Å². The lowest BCUT2D eigenvalue weighted by Gasteiger charge is -2.32. The van der Waals surface area contributed by atoms with Gasteiger partial charge in [-0.1, -0.05) is 84.4 Å². The Hall–Kier alpha value is -3.96. The second kappa shape index (κ2) is 13.4. The molecule has 0 aliphatic carbocycles. The van der Waals surface area contributed by atoms with Gasteiger partial charge >= 0.3 is 0 Å². The molecule has 2 amide bonds. The van der Waals surface area contributed by atoms with Crippen molar-refractivity contribution in [1.82, 2.24) is 15.2 Å². The maximum atomic E-state index is 13.7. The van der Waals surface area contributed by atoms with Crippen molar-refractivity contribution in [3.63, 3.8) is 0 Å². The van der Waals surface area contributed by atoms with Crippen molar-refractivity contribution in [3.05, 3.63) is 137 Å². The number of nitrogens with one attached hydrogen (secondary N) is 1. The van der Waals surface area contributed by atoms with Gasteiger partial charge in [-0.05, 0) is 52.9 Å². The van der Waals surface area contributed by atoms with E-state index < -0.39 is 6.04 Å². The number of benzene rings is 3. The van der Waals surface area contributed by atoms with Crippen LogP contribution in [0.1, 0.15) is 28.7 Å². The second-order valence-electron chi connectivity index (χ2n) is 8.91. The minimum Gasteiger partial charge on any atom is -0.350 e. The molecule has 37 heavy (non-hydrogen) atoms. The average Bonchev–Trinajstić information content (AvgIpc) is 2.95. The standard InChI is InChI=1S/C31H30ClN3O2/c32-28-14-11-27(12-15-28)23-35(30(36)16-13-24-7-3-1-4-8-24)29(21-25-9-5-2-6-10-25)31(37)34-22-26-17-19-33-20-18-26/h1-12,14-15,17-20,29H,13,16,21-23H2,(H,34,37)/t29-/m1/s1. The van der Waals surface area contributed by atoms with Crippen LogP contribution in [0.4, 0.5) is 0 Å². The van der Waals surface area contributed by atoms with Crippen LogP contribution in [0.3, 0.4) is 0 Å². The van der Waals surface area contributed by atoms with Crippen LogP contribution in [-0.4, -0.2) is 27.7 Å². The number of carbonyl (C=O) groups excluding carboxylic acids is 2. The summed E-state index contributed by atoms with van der Waals surface area (Å²) in [4.78, 5) is 33.1. The number of amides is 2. The fraction of sp³-hybridized carbons (Fsp3) is 0.194. The van der Waals surface area contributed by atoms with E-state index in [-0.39, 0.29) is 11.8 Å². The molecule has 1 aromatic heterocycles. The molecular formula is C31H30ClN3O2. The van der Waals surface area contributed by atoms with E-state index >= 15 is 0 Å². The molecule has 0 saturated heterocycles. The first-order chi connectivity index (χ1) is 18.1. The summed E-state index contributed by atoms with van der Waals surface area (Å²) >= 11 is 6.10. The molecule has 0 fully saturated rings. The summed E-state index contributed by atoms with van der Waals surface area (Å²) in [6.45, 7) is 0.671. The zero-order chi connectivity index (χ0) is 25.9. The van der Waals surface area contributed by atoms with Gasteiger partial charge in [0.05, 0.1) is 0 Å². The highest BCUT2D eigenvalue weighted by molar-refractivity contribution is 6.30. The smallest absolute Gasteiger partial charge is 0.243 e. The molecule has 4 aromatic rings. The normalized spacial score (nSPS) is 11.5. The van der Waals surface area contributed by atoms with E-state index in [1.54, 1.807) is 29.4 Å². The fourth-order valence-corrected chi connectivity index (χ4v) is 4.31. The van der Waals surface area contributed by atoms with Crippen molar-refractivity contribution >= 4 is 23.4 Å². The third-order valence-electron chi connectivity index (χ3n) is 6.22. The SMILES string of the molecule is O=C(NCc1ccncc1)[C@@H](Cc1ccccc1)N(Cc1ccc(Cl)cc1)C(=O)CCc1ccccc1. The monoisotopic (exact) mass is 511 g/mol. The van der Waals surface area contributed by atoms with Gasteiger partial charge in [0.25, 0.3) is 0 Å². The zero-order valence-electron chi connectivity index (χ0n) is 20.6. The predicted molar refractivity (Wildman–Crippen MR) is 147 cm³/mol. The summed E-state index contributed by atoms with van der Waals surface area (Å²) in [6, 6.07) is 30.2. The van der Waals surface area contributed by atoms with E-state index in [0.717, 1.165) is 22.3 Å². The van der Waals surface area contributed by atoms with Gasteiger partial charge < -0.3 is 10.2 Å². The van der Waals surface area contributed by atoms with Crippen LogP contribution in [0.15, 0.2) is 109 Å². The Labute approximate surface area is 223 Å². The largest absolute Gasteiger partial charge is 0.350 e. The van der Waals surface area contributed by atoms with Crippen LogP contribution in [0.25, 0.3) is 0 Å². The minimum absolute atomic E-state index is 0.0706. The van der Waals surface area contributed by atoms with Crippen LogP contribution in [0, 0.1) is 0 Å². The molecular weight excluding hydrogens is 482 g/mol. The Bertz CT molecular complexity index is 1270. The van der Waals surface area contributed by atoms with Crippen molar-refractivity contribution < 1.29 is 9.59 Å². The Kier molecular flexibility index (Phi) is 9.44. The molecule has 0 spiro atoms. The summed E-state index contributed by atoms with van der Waals surface area (Å²) < 4.78 is 0. The van der Waals surface area contributed by atoms with E-state index in [0.29, 0.717) is 37.4 Å². The molecule has 4 rings (SSSR count).